The van der Waals surface area contributed by atoms with E-state index in [1.165, 1.54) is 57.1 Å². The molecule has 3 aliphatic rings. The summed E-state index contributed by atoms with van der Waals surface area (Å²) in [5.41, 5.74) is -0.318. The molecule has 6 N–H and O–H groups in total. The molecule has 0 radical (unpaired) electrons. The van der Waals surface area contributed by atoms with Crippen LogP contribution in [0.2, 0.25) is 0 Å². The number of likely N-dealkylation sites (tertiary alicyclic amines) is 1. The first-order valence-corrected chi connectivity index (χ1v) is 18.8. The van der Waals surface area contributed by atoms with E-state index in [9.17, 15) is 34.2 Å². The van der Waals surface area contributed by atoms with E-state index in [-0.39, 0.29) is 30.2 Å². The van der Waals surface area contributed by atoms with E-state index < -0.39 is 41.0 Å². The van der Waals surface area contributed by atoms with E-state index in [1.807, 2.05) is 32.6 Å². The van der Waals surface area contributed by atoms with Gasteiger partial charge in [-0.1, -0.05) is 86.0 Å². The quantitative estimate of drug-likeness (QED) is 0.124. The van der Waals surface area contributed by atoms with E-state index >= 15 is 0 Å². The molecule has 4 rings (SSSR count). The van der Waals surface area contributed by atoms with Gasteiger partial charge in [0.25, 0.3) is 17.6 Å². The molecule has 1 aromatic rings. The Balaban J connectivity index is 0.000000339. The van der Waals surface area contributed by atoms with Crippen molar-refractivity contribution < 1.29 is 34.2 Å². The Morgan fingerprint density at radius 3 is 2.10 bits per heavy atom. The summed E-state index contributed by atoms with van der Waals surface area (Å²) in [4.78, 5) is 69.3. The number of carbonyl (C=O) groups is 5. The fourth-order valence-corrected chi connectivity index (χ4v) is 6.28. The molecule has 0 spiro atoms. The normalized spacial score (nSPS) is 19.9. The van der Waals surface area contributed by atoms with Crippen LogP contribution in [-0.4, -0.2) is 98.2 Å². The third-order valence-corrected chi connectivity index (χ3v) is 9.56. The van der Waals surface area contributed by atoms with Crippen LogP contribution in [0.1, 0.15) is 136 Å². The number of carbonyl (C=O) groups excluding carboxylic acids is 5. The Hall–Kier alpha value is -3.65. The third kappa shape index (κ3) is 14.9. The Kier molecular flexibility index (Phi) is 18.5. The van der Waals surface area contributed by atoms with Crippen LogP contribution in [0.15, 0.2) is 18.6 Å². The van der Waals surface area contributed by atoms with Crippen molar-refractivity contribution in [1.82, 2.24) is 36.1 Å². The van der Waals surface area contributed by atoms with Gasteiger partial charge in [-0.3, -0.25) is 29.0 Å². The van der Waals surface area contributed by atoms with Crippen molar-refractivity contribution in [2.75, 3.05) is 13.1 Å². The van der Waals surface area contributed by atoms with Gasteiger partial charge < -0.3 is 36.4 Å². The second-order valence-corrected chi connectivity index (χ2v) is 15.0. The average molecular weight is 718 g/mol. The average Bonchev–Trinajstić information content (AvgIpc) is 3.86. The van der Waals surface area contributed by atoms with Crippen molar-refractivity contribution in [3.8, 4) is 0 Å². The molecule has 2 unspecified atom stereocenters. The van der Waals surface area contributed by atoms with Crippen molar-refractivity contribution in [1.29, 1.82) is 0 Å². The molecule has 0 aromatic carbocycles. The molecule has 2 saturated carbocycles. The van der Waals surface area contributed by atoms with E-state index in [0.29, 0.717) is 25.2 Å². The molecule has 4 atom stereocenters. The maximum atomic E-state index is 13.3. The smallest absolute Gasteiger partial charge is 0.282 e. The van der Waals surface area contributed by atoms with E-state index in [1.54, 1.807) is 0 Å². The summed E-state index contributed by atoms with van der Waals surface area (Å²) >= 11 is 0. The second-order valence-electron chi connectivity index (χ2n) is 15.0. The first-order chi connectivity index (χ1) is 24.2. The number of nitrogens with one attached hydrogen (secondary N) is 4. The van der Waals surface area contributed by atoms with Crippen LogP contribution in [0.3, 0.4) is 0 Å². The standard InChI is InChI=1S/C21H33N5O3.C10H18N2O4.C6H12/c1-6-7-15-8-11-26(14(15)2)20(29)18(21(3,4)5)25-17(27)13-24-19(28)16-12-22-9-10-23-16;1-2-3-8(11-6-13)10(15,16)9(14)12-7-4-5-7;1-2-4-6-5-3-1/h9-10,12,14-15,18H,6-8,11,13H2,1-5H3,(H,24,28)(H,25,27);6-8,15-16H,2-5H2,1H3,(H,11,13)(H,12,14);1-6H2/t14?,15-,18?;8-;/m00./s1. The van der Waals surface area contributed by atoms with Gasteiger partial charge in [0.1, 0.15) is 11.7 Å². The summed E-state index contributed by atoms with van der Waals surface area (Å²) in [5, 5.41) is 29.5. The molecule has 5 amide bonds. The van der Waals surface area contributed by atoms with E-state index in [0.717, 1.165) is 38.6 Å². The van der Waals surface area contributed by atoms with Crippen LogP contribution < -0.4 is 21.3 Å². The molecule has 2 heterocycles. The van der Waals surface area contributed by atoms with Gasteiger partial charge >= 0.3 is 0 Å². The lowest BCUT2D eigenvalue weighted by Crippen LogP contribution is -2.60. The number of aliphatic hydroxyl groups is 2. The maximum Gasteiger partial charge on any atom is 0.282 e. The molecule has 288 valence electrons. The SMILES string of the molecule is C1CCCCC1.CCC[C@H](NC=O)C(O)(O)C(=O)NC1CC1.CCC[C@H]1CCN(C(=O)C(NC(=O)CNC(=O)c2cnccn2)C(C)(C)C)C1C. The molecule has 51 heavy (non-hydrogen) atoms. The summed E-state index contributed by atoms with van der Waals surface area (Å²) in [6.45, 7) is 12.3. The van der Waals surface area contributed by atoms with Crippen molar-refractivity contribution in [3.63, 3.8) is 0 Å². The van der Waals surface area contributed by atoms with E-state index in [4.69, 9.17) is 0 Å². The predicted molar refractivity (Wildman–Crippen MR) is 194 cm³/mol. The number of hydrogen-bond donors (Lipinski definition) is 6. The van der Waals surface area contributed by atoms with Crippen LogP contribution in [0, 0.1) is 11.3 Å². The van der Waals surface area contributed by atoms with Crippen LogP contribution in [-0.2, 0) is 19.2 Å². The number of aromatic nitrogens is 2. The number of rotatable bonds is 14. The van der Waals surface area contributed by atoms with Gasteiger partial charge in [-0.15, -0.1) is 0 Å². The van der Waals surface area contributed by atoms with Crippen molar-refractivity contribution in [2.45, 2.75) is 155 Å². The van der Waals surface area contributed by atoms with Gasteiger partial charge in [0, 0.05) is 31.0 Å². The summed E-state index contributed by atoms with van der Waals surface area (Å²) < 4.78 is 0. The topological polar surface area (TPSA) is 203 Å². The van der Waals surface area contributed by atoms with Gasteiger partial charge in [-0.25, -0.2) is 4.98 Å². The minimum Gasteiger partial charge on any atom is -0.357 e. The summed E-state index contributed by atoms with van der Waals surface area (Å²) in [7, 11) is 0. The molecule has 3 fully saturated rings. The third-order valence-electron chi connectivity index (χ3n) is 9.56. The first kappa shape index (κ1) is 43.5. The highest BCUT2D eigenvalue weighted by Gasteiger charge is 2.44. The van der Waals surface area contributed by atoms with Gasteiger partial charge in [-0.2, -0.15) is 0 Å². The lowest BCUT2D eigenvalue weighted by atomic mass is 9.85. The lowest BCUT2D eigenvalue weighted by Gasteiger charge is -2.35. The lowest BCUT2D eigenvalue weighted by molar-refractivity contribution is -0.197. The summed E-state index contributed by atoms with van der Waals surface area (Å²) in [6.07, 6.45) is 19.5. The van der Waals surface area contributed by atoms with Crippen molar-refractivity contribution in [3.05, 3.63) is 24.3 Å². The summed E-state index contributed by atoms with van der Waals surface area (Å²) in [5.74, 6) is -3.83. The molecule has 14 nitrogen and oxygen atoms in total. The maximum absolute atomic E-state index is 13.3. The van der Waals surface area contributed by atoms with E-state index in [2.05, 4.69) is 45.1 Å². The number of amides is 5. The number of hydrogen-bond acceptors (Lipinski definition) is 9. The molecule has 0 bridgehead atoms. The molecule has 14 heteroatoms. The highest BCUT2D eigenvalue weighted by atomic mass is 16.5. The predicted octanol–water partition coefficient (Wildman–Crippen LogP) is 2.98. The molecule has 1 aliphatic heterocycles. The Morgan fingerprint density at radius 2 is 1.61 bits per heavy atom. The van der Waals surface area contributed by atoms with Crippen molar-refractivity contribution >= 4 is 30.0 Å². The fraction of sp³-hybridized carbons (Fsp3) is 0.757. The first-order valence-electron chi connectivity index (χ1n) is 18.8. The van der Waals surface area contributed by atoms with Gasteiger partial charge in [-0.05, 0) is 50.4 Å². The molecule has 1 saturated heterocycles. The van der Waals surface area contributed by atoms with Gasteiger partial charge in [0.2, 0.25) is 18.2 Å². The largest absolute Gasteiger partial charge is 0.357 e. The zero-order chi connectivity index (χ0) is 38.0. The minimum atomic E-state index is -2.54. The molecule has 2 aliphatic carbocycles. The van der Waals surface area contributed by atoms with Crippen LogP contribution in [0.25, 0.3) is 0 Å². The zero-order valence-corrected chi connectivity index (χ0v) is 31.6. The Morgan fingerprint density at radius 1 is 0.980 bits per heavy atom. The van der Waals surface area contributed by atoms with Gasteiger partial charge in [0.15, 0.2) is 0 Å². The fourth-order valence-electron chi connectivity index (χ4n) is 6.28. The zero-order valence-electron chi connectivity index (χ0n) is 31.6. The van der Waals surface area contributed by atoms with Crippen LogP contribution in [0.4, 0.5) is 0 Å². The summed E-state index contributed by atoms with van der Waals surface area (Å²) in [6, 6.07) is -1.43. The molecule has 1 aromatic heterocycles. The minimum absolute atomic E-state index is 0.0460. The molecular weight excluding hydrogens is 654 g/mol. The van der Waals surface area contributed by atoms with Crippen LogP contribution in [0.5, 0.6) is 0 Å². The van der Waals surface area contributed by atoms with Crippen molar-refractivity contribution in [2.24, 2.45) is 11.3 Å². The second kappa shape index (κ2) is 21.7. The Labute approximate surface area is 303 Å². The number of nitrogens with zero attached hydrogens (tertiary/aromatic N) is 3. The highest BCUT2D eigenvalue weighted by molar-refractivity contribution is 5.95. The van der Waals surface area contributed by atoms with Gasteiger partial charge in [0.05, 0.1) is 18.8 Å². The molecular formula is C37H63N7O7. The Bertz CT molecular complexity index is 1220. The monoisotopic (exact) mass is 717 g/mol. The van der Waals surface area contributed by atoms with Crippen LogP contribution >= 0.6 is 0 Å². The highest BCUT2D eigenvalue weighted by Crippen LogP contribution is 2.31.